The Kier molecular flexibility index (Phi) is 1.95. The molecule has 0 N–H and O–H groups in total. The van der Waals surface area contributed by atoms with Gasteiger partial charge in [0.05, 0.1) is 5.69 Å². The largest absolute Gasteiger partial charge is 0.223 e. The number of halogens is 3. The molecule has 2 rings (SSSR count). The number of benzene rings is 1. The van der Waals surface area contributed by atoms with Gasteiger partial charge in [-0.1, -0.05) is 0 Å². The molecule has 0 aliphatic carbocycles. The lowest BCUT2D eigenvalue weighted by Gasteiger charge is -2.01. The Morgan fingerprint density at radius 3 is 2.21 bits per heavy atom. The summed E-state index contributed by atoms with van der Waals surface area (Å²) < 4.78 is 39.2. The van der Waals surface area contributed by atoms with Crippen LogP contribution in [0, 0.1) is 17.5 Å². The zero-order chi connectivity index (χ0) is 10.1. The molecule has 0 spiro atoms. The molecule has 0 bridgehead atoms. The molecule has 6 heteroatoms. The van der Waals surface area contributed by atoms with Crippen LogP contribution in [0.2, 0.25) is 0 Å². The molecule has 72 valence electrons. The second kappa shape index (κ2) is 3.13. The van der Waals surface area contributed by atoms with E-state index in [1.807, 2.05) is 0 Å². The van der Waals surface area contributed by atoms with E-state index in [9.17, 15) is 13.2 Å². The van der Waals surface area contributed by atoms with E-state index in [2.05, 4.69) is 10.1 Å². The summed E-state index contributed by atoms with van der Waals surface area (Å²) in [7, 11) is 0. The van der Waals surface area contributed by atoms with Crippen LogP contribution in [0.4, 0.5) is 13.2 Å². The summed E-state index contributed by atoms with van der Waals surface area (Å²) in [4.78, 5) is 3.59. The molecule has 0 radical (unpaired) electrons. The molecule has 0 saturated heterocycles. The van der Waals surface area contributed by atoms with Crippen molar-refractivity contribution >= 4 is 0 Å². The highest BCUT2D eigenvalue weighted by Gasteiger charge is 2.11. The van der Waals surface area contributed by atoms with Gasteiger partial charge >= 0.3 is 0 Å². The van der Waals surface area contributed by atoms with E-state index in [4.69, 9.17) is 0 Å². The average molecular weight is 199 g/mol. The minimum atomic E-state index is -1.49. The zero-order valence-electron chi connectivity index (χ0n) is 6.78. The molecule has 0 amide bonds. The summed E-state index contributed by atoms with van der Waals surface area (Å²) in [6.07, 6.45) is 2.46. The van der Waals surface area contributed by atoms with Crippen LogP contribution in [0.15, 0.2) is 24.8 Å². The van der Waals surface area contributed by atoms with Crippen LogP contribution in [0.25, 0.3) is 5.69 Å². The Morgan fingerprint density at radius 2 is 1.71 bits per heavy atom. The number of rotatable bonds is 1. The Labute approximate surface area is 76.8 Å². The van der Waals surface area contributed by atoms with Gasteiger partial charge in [-0.25, -0.2) is 22.8 Å². The lowest BCUT2D eigenvalue weighted by Crippen LogP contribution is -1.99. The van der Waals surface area contributed by atoms with Crippen molar-refractivity contribution in [2.45, 2.75) is 0 Å². The second-order valence-electron chi connectivity index (χ2n) is 2.56. The number of aromatic nitrogens is 3. The minimum Gasteiger partial charge on any atom is -0.223 e. The third-order valence-electron chi connectivity index (χ3n) is 1.65. The van der Waals surface area contributed by atoms with Crippen LogP contribution in [-0.2, 0) is 0 Å². The van der Waals surface area contributed by atoms with Crippen molar-refractivity contribution in [3.63, 3.8) is 0 Å². The SMILES string of the molecule is Fc1cc(-n2cncn2)cc(F)c1F. The standard InChI is InChI=1S/C8H4F3N3/c9-6-1-5(2-7(10)8(6)11)14-4-12-3-13-14/h1-4H. The molecule has 14 heavy (non-hydrogen) atoms. The molecule has 0 saturated carbocycles. The Morgan fingerprint density at radius 1 is 1.07 bits per heavy atom. The monoisotopic (exact) mass is 199 g/mol. The third kappa shape index (κ3) is 1.34. The first-order valence-electron chi connectivity index (χ1n) is 3.68. The normalized spacial score (nSPS) is 10.5. The molecule has 1 heterocycles. The third-order valence-corrected chi connectivity index (χ3v) is 1.65. The van der Waals surface area contributed by atoms with E-state index in [0.717, 1.165) is 16.8 Å². The van der Waals surface area contributed by atoms with Crippen LogP contribution in [0.5, 0.6) is 0 Å². The van der Waals surface area contributed by atoms with E-state index < -0.39 is 17.5 Å². The summed E-state index contributed by atoms with van der Waals surface area (Å²) in [5.41, 5.74) is 0.0823. The first-order chi connectivity index (χ1) is 6.68. The van der Waals surface area contributed by atoms with Gasteiger partial charge < -0.3 is 0 Å². The van der Waals surface area contributed by atoms with E-state index in [1.165, 1.54) is 12.7 Å². The van der Waals surface area contributed by atoms with Crippen LogP contribution in [-0.4, -0.2) is 14.8 Å². The van der Waals surface area contributed by atoms with Crippen LogP contribution in [0.3, 0.4) is 0 Å². The predicted octanol–water partition coefficient (Wildman–Crippen LogP) is 1.68. The van der Waals surface area contributed by atoms with E-state index in [1.54, 1.807) is 0 Å². The highest BCUT2D eigenvalue weighted by Crippen LogP contribution is 2.15. The van der Waals surface area contributed by atoms with Gasteiger partial charge in [0.15, 0.2) is 17.5 Å². The fraction of sp³-hybridized carbons (Fsp3) is 0. The van der Waals surface area contributed by atoms with Gasteiger partial charge in [0.1, 0.15) is 12.7 Å². The van der Waals surface area contributed by atoms with Gasteiger partial charge in [0.25, 0.3) is 0 Å². The maximum atomic E-state index is 12.8. The van der Waals surface area contributed by atoms with Crippen LogP contribution < -0.4 is 0 Å². The second-order valence-corrected chi connectivity index (χ2v) is 2.56. The van der Waals surface area contributed by atoms with Gasteiger partial charge in [-0.2, -0.15) is 5.10 Å². The first-order valence-corrected chi connectivity index (χ1v) is 3.68. The van der Waals surface area contributed by atoms with Gasteiger partial charge in [0, 0.05) is 12.1 Å². The van der Waals surface area contributed by atoms with Crippen molar-refractivity contribution < 1.29 is 13.2 Å². The van der Waals surface area contributed by atoms with Gasteiger partial charge in [0.2, 0.25) is 0 Å². The summed E-state index contributed by atoms with van der Waals surface area (Å²) in [6, 6.07) is 1.68. The van der Waals surface area contributed by atoms with Crippen molar-refractivity contribution in [1.82, 2.24) is 14.8 Å². The fourth-order valence-electron chi connectivity index (χ4n) is 1.02. The number of hydrogen-bond donors (Lipinski definition) is 0. The molecule has 0 atom stereocenters. The van der Waals surface area contributed by atoms with Crippen molar-refractivity contribution in [1.29, 1.82) is 0 Å². The van der Waals surface area contributed by atoms with Gasteiger partial charge in [-0.3, -0.25) is 0 Å². The molecular formula is C8H4F3N3. The summed E-state index contributed by atoms with van der Waals surface area (Å²) in [6.45, 7) is 0. The quantitative estimate of drug-likeness (QED) is 0.654. The molecule has 1 aromatic heterocycles. The van der Waals surface area contributed by atoms with Crippen molar-refractivity contribution in [3.05, 3.63) is 42.2 Å². The molecule has 0 aliphatic heterocycles. The van der Waals surface area contributed by atoms with Crippen molar-refractivity contribution in [2.75, 3.05) is 0 Å². The van der Waals surface area contributed by atoms with Crippen molar-refractivity contribution in [2.24, 2.45) is 0 Å². The Hall–Kier alpha value is -1.85. The van der Waals surface area contributed by atoms with Crippen molar-refractivity contribution in [3.8, 4) is 5.69 Å². The molecule has 0 aliphatic rings. The van der Waals surface area contributed by atoms with E-state index >= 15 is 0 Å². The average Bonchev–Trinajstić information content (AvgIpc) is 2.66. The molecule has 0 fully saturated rings. The molecule has 1 aromatic carbocycles. The summed E-state index contributed by atoms with van der Waals surface area (Å²) in [5.74, 6) is -4.00. The Bertz CT molecular complexity index is 430. The number of hydrogen-bond acceptors (Lipinski definition) is 2. The molecule has 0 unspecified atom stereocenters. The van der Waals surface area contributed by atoms with Gasteiger partial charge in [-0.05, 0) is 0 Å². The maximum Gasteiger partial charge on any atom is 0.194 e. The lowest BCUT2D eigenvalue weighted by molar-refractivity contribution is 0.446. The summed E-state index contributed by atoms with van der Waals surface area (Å²) >= 11 is 0. The lowest BCUT2D eigenvalue weighted by atomic mass is 10.3. The first kappa shape index (κ1) is 8.74. The molecule has 3 nitrogen and oxygen atoms in total. The number of nitrogens with zero attached hydrogens (tertiary/aromatic N) is 3. The molecular weight excluding hydrogens is 195 g/mol. The minimum absolute atomic E-state index is 0.0823. The van der Waals surface area contributed by atoms with Gasteiger partial charge in [-0.15, -0.1) is 0 Å². The van der Waals surface area contributed by atoms with Crippen LogP contribution in [0.1, 0.15) is 0 Å². The van der Waals surface area contributed by atoms with Crippen LogP contribution >= 0.6 is 0 Å². The smallest absolute Gasteiger partial charge is 0.194 e. The topological polar surface area (TPSA) is 30.7 Å². The maximum absolute atomic E-state index is 12.8. The van der Waals surface area contributed by atoms with E-state index in [0.29, 0.717) is 0 Å². The highest BCUT2D eigenvalue weighted by atomic mass is 19.2. The molecule has 2 aromatic rings. The fourth-order valence-corrected chi connectivity index (χ4v) is 1.02. The zero-order valence-corrected chi connectivity index (χ0v) is 6.78. The predicted molar refractivity (Wildman–Crippen MR) is 41.2 cm³/mol. The van der Waals surface area contributed by atoms with E-state index in [-0.39, 0.29) is 5.69 Å². The Balaban J connectivity index is 2.57. The summed E-state index contributed by atoms with van der Waals surface area (Å²) in [5, 5.41) is 3.65. The highest BCUT2D eigenvalue weighted by molar-refractivity contribution is 5.31.